The highest BCUT2D eigenvalue weighted by molar-refractivity contribution is 5.96. The number of ether oxygens (including phenoxy) is 1. The summed E-state index contributed by atoms with van der Waals surface area (Å²) in [4.78, 5) is 14.6. The maximum Gasteiger partial charge on any atom is 0.254 e. The third kappa shape index (κ3) is 3.84. The zero-order valence-electron chi connectivity index (χ0n) is 12.9. The number of benzene rings is 1. The van der Waals surface area contributed by atoms with Gasteiger partial charge in [0, 0.05) is 24.2 Å². The van der Waals surface area contributed by atoms with Gasteiger partial charge in [-0.3, -0.25) is 4.79 Å². The molecule has 0 saturated carbocycles. The average molecular weight is 286 g/mol. The Labute approximate surface area is 126 Å². The fraction of sp³-hybridized carbons (Fsp3) is 0.471. The van der Waals surface area contributed by atoms with Crippen molar-refractivity contribution in [3.8, 4) is 11.8 Å². The van der Waals surface area contributed by atoms with E-state index in [9.17, 15) is 4.79 Å². The van der Waals surface area contributed by atoms with E-state index in [0.717, 1.165) is 11.1 Å². The second-order valence-electron chi connectivity index (χ2n) is 5.87. The molecule has 0 bridgehead atoms. The number of morpholine rings is 1. The molecule has 0 aliphatic carbocycles. The summed E-state index contributed by atoms with van der Waals surface area (Å²) in [6.45, 7) is 8.06. The molecule has 1 saturated heterocycles. The summed E-state index contributed by atoms with van der Waals surface area (Å²) in [7, 11) is 0. The van der Waals surface area contributed by atoms with E-state index in [1.54, 1.807) is 0 Å². The van der Waals surface area contributed by atoms with Crippen molar-refractivity contribution >= 4 is 5.91 Å². The van der Waals surface area contributed by atoms with Crippen LogP contribution in [0.15, 0.2) is 18.2 Å². The summed E-state index contributed by atoms with van der Waals surface area (Å²) in [5, 5.41) is 0. The lowest BCUT2D eigenvalue weighted by Gasteiger charge is -2.38. The molecule has 1 aromatic carbocycles. The maximum absolute atomic E-state index is 12.7. The van der Waals surface area contributed by atoms with Gasteiger partial charge in [0.15, 0.2) is 0 Å². The lowest BCUT2D eigenvalue weighted by molar-refractivity contribution is -0.0764. The van der Waals surface area contributed by atoms with Crippen molar-refractivity contribution in [1.82, 2.24) is 4.90 Å². The zero-order chi connectivity index (χ0) is 15.5. The van der Waals surface area contributed by atoms with Crippen LogP contribution in [0.2, 0.25) is 0 Å². The minimum Gasteiger partial charge on any atom is -0.372 e. The molecule has 1 aromatic rings. The quantitative estimate of drug-likeness (QED) is 0.797. The van der Waals surface area contributed by atoms with Gasteiger partial charge in [0.1, 0.15) is 0 Å². The molecule has 4 heteroatoms. The Morgan fingerprint density at radius 2 is 2.24 bits per heavy atom. The fourth-order valence-electron chi connectivity index (χ4n) is 2.44. The number of rotatable bonds is 1. The molecular formula is C17H22N2O2. The topological polar surface area (TPSA) is 55.6 Å². The van der Waals surface area contributed by atoms with Crippen LogP contribution in [0.3, 0.4) is 0 Å². The normalized spacial score (nSPS) is 17.0. The second-order valence-corrected chi connectivity index (χ2v) is 5.87. The van der Waals surface area contributed by atoms with Crippen molar-refractivity contribution in [3.05, 3.63) is 34.9 Å². The SMILES string of the molecule is Cc1ccc(C#CCN)cc1C(=O)N1CCOC(C)(C)C1. The molecule has 0 unspecified atom stereocenters. The van der Waals surface area contributed by atoms with Crippen molar-refractivity contribution in [2.45, 2.75) is 26.4 Å². The van der Waals surface area contributed by atoms with Crippen LogP contribution in [-0.2, 0) is 4.74 Å². The van der Waals surface area contributed by atoms with Gasteiger partial charge in [-0.2, -0.15) is 0 Å². The summed E-state index contributed by atoms with van der Waals surface area (Å²) < 4.78 is 5.66. The van der Waals surface area contributed by atoms with Crippen molar-refractivity contribution in [2.24, 2.45) is 5.73 Å². The van der Waals surface area contributed by atoms with Crippen molar-refractivity contribution < 1.29 is 9.53 Å². The number of nitrogens with two attached hydrogens (primary N) is 1. The largest absolute Gasteiger partial charge is 0.372 e. The Hall–Kier alpha value is -1.83. The van der Waals surface area contributed by atoms with Crippen LogP contribution in [-0.4, -0.2) is 42.6 Å². The van der Waals surface area contributed by atoms with Gasteiger partial charge >= 0.3 is 0 Å². The molecule has 112 valence electrons. The molecule has 1 fully saturated rings. The molecule has 1 heterocycles. The van der Waals surface area contributed by atoms with Crippen LogP contribution >= 0.6 is 0 Å². The molecule has 2 rings (SSSR count). The van der Waals surface area contributed by atoms with Crippen LogP contribution in [0.5, 0.6) is 0 Å². The van der Waals surface area contributed by atoms with Gasteiger partial charge < -0.3 is 15.4 Å². The van der Waals surface area contributed by atoms with Crippen molar-refractivity contribution in [2.75, 3.05) is 26.2 Å². The fourth-order valence-corrected chi connectivity index (χ4v) is 2.44. The molecule has 1 amide bonds. The van der Waals surface area contributed by atoms with Crippen LogP contribution in [0.4, 0.5) is 0 Å². The number of nitrogens with zero attached hydrogens (tertiary/aromatic N) is 1. The third-order valence-corrected chi connectivity index (χ3v) is 3.52. The van der Waals surface area contributed by atoms with E-state index < -0.39 is 0 Å². The number of carbonyl (C=O) groups is 1. The van der Waals surface area contributed by atoms with Gasteiger partial charge in [0.25, 0.3) is 5.91 Å². The number of aryl methyl sites for hydroxylation is 1. The van der Waals surface area contributed by atoms with Gasteiger partial charge in [-0.1, -0.05) is 17.9 Å². The Balaban J connectivity index is 2.26. The Morgan fingerprint density at radius 3 is 2.90 bits per heavy atom. The van der Waals surface area contributed by atoms with Crippen LogP contribution < -0.4 is 5.73 Å². The van der Waals surface area contributed by atoms with E-state index in [4.69, 9.17) is 10.5 Å². The van der Waals surface area contributed by atoms with E-state index >= 15 is 0 Å². The molecule has 0 radical (unpaired) electrons. The number of hydrogen-bond donors (Lipinski definition) is 1. The Kier molecular flexibility index (Phi) is 4.66. The molecule has 4 nitrogen and oxygen atoms in total. The lowest BCUT2D eigenvalue weighted by Crippen LogP contribution is -2.50. The van der Waals surface area contributed by atoms with Gasteiger partial charge in [-0.25, -0.2) is 0 Å². The number of hydrogen-bond acceptors (Lipinski definition) is 3. The van der Waals surface area contributed by atoms with Crippen molar-refractivity contribution in [1.29, 1.82) is 0 Å². The van der Waals surface area contributed by atoms with Crippen LogP contribution in [0, 0.1) is 18.8 Å². The number of carbonyl (C=O) groups excluding carboxylic acids is 1. The zero-order valence-corrected chi connectivity index (χ0v) is 12.9. The molecule has 0 atom stereocenters. The minimum atomic E-state index is -0.293. The second kappa shape index (κ2) is 6.30. The van der Waals surface area contributed by atoms with E-state index in [-0.39, 0.29) is 11.5 Å². The molecule has 0 aromatic heterocycles. The summed E-state index contributed by atoms with van der Waals surface area (Å²) in [6, 6.07) is 5.69. The van der Waals surface area contributed by atoms with Gasteiger partial charge in [-0.15, -0.1) is 0 Å². The number of amides is 1. The minimum absolute atomic E-state index is 0.0419. The van der Waals surface area contributed by atoms with Crippen LogP contribution in [0.1, 0.15) is 35.3 Å². The van der Waals surface area contributed by atoms with Gasteiger partial charge in [0.05, 0.1) is 18.8 Å². The van der Waals surface area contributed by atoms with Crippen LogP contribution in [0.25, 0.3) is 0 Å². The Morgan fingerprint density at radius 1 is 1.48 bits per heavy atom. The summed E-state index contributed by atoms with van der Waals surface area (Å²) in [5.74, 6) is 5.83. The van der Waals surface area contributed by atoms with E-state index in [1.807, 2.05) is 43.9 Å². The summed E-state index contributed by atoms with van der Waals surface area (Å²) >= 11 is 0. The molecule has 0 spiro atoms. The molecular weight excluding hydrogens is 264 g/mol. The highest BCUT2D eigenvalue weighted by Gasteiger charge is 2.30. The standard InChI is InChI=1S/C17H22N2O2/c1-13-6-7-14(5-4-8-18)11-15(13)16(20)19-9-10-21-17(2,3)12-19/h6-7,11H,8-10,12,18H2,1-3H3. The molecule has 1 aliphatic rings. The van der Waals surface area contributed by atoms with E-state index in [2.05, 4.69) is 11.8 Å². The smallest absolute Gasteiger partial charge is 0.254 e. The average Bonchev–Trinajstić information content (AvgIpc) is 2.44. The first kappa shape index (κ1) is 15.6. The first-order valence-corrected chi connectivity index (χ1v) is 7.16. The van der Waals surface area contributed by atoms with Gasteiger partial charge in [-0.05, 0) is 38.5 Å². The predicted molar refractivity (Wildman–Crippen MR) is 83.0 cm³/mol. The molecule has 1 aliphatic heterocycles. The third-order valence-electron chi connectivity index (χ3n) is 3.52. The van der Waals surface area contributed by atoms with E-state index in [0.29, 0.717) is 31.8 Å². The molecule has 21 heavy (non-hydrogen) atoms. The molecule has 2 N–H and O–H groups in total. The highest BCUT2D eigenvalue weighted by Crippen LogP contribution is 2.20. The van der Waals surface area contributed by atoms with Gasteiger partial charge in [0.2, 0.25) is 0 Å². The lowest BCUT2D eigenvalue weighted by atomic mass is 10.0. The maximum atomic E-state index is 12.7. The first-order valence-electron chi connectivity index (χ1n) is 7.16. The summed E-state index contributed by atoms with van der Waals surface area (Å²) in [5.41, 5.74) is 7.58. The van der Waals surface area contributed by atoms with E-state index in [1.165, 1.54) is 0 Å². The Bertz CT molecular complexity index is 597. The highest BCUT2D eigenvalue weighted by atomic mass is 16.5. The summed E-state index contributed by atoms with van der Waals surface area (Å²) in [6.07, 6.45) is 0. The predicted octanol–water partition coefficient (Wildman–Crippen LogP) is 1.56. The van der Waals surface area contributed by atoms with Crippen molar-refractivity contribution in [3.63, 3.8) is 0 Å². The monoisotopic (exact) mass is 286 g/mol. The first-order chi connectivity index (χ1) is 9.93.